The van der Waals surface area contributed by atoms with Gasteiger partial charge in [-0.15, -0.1) is 0 Å². The molecule has 1 N–H and O–H groups in total. The Hall–Kier alpha value is -1.39. The molecular formula is C17H24N2O2. The molecule has 1 aliphatic heterocycles. The van der Waals surface area contributed by atoms with E-state index in [1.165, 1.54) is 31.7 Å². The monoisotopic (exact) mass is 288 g/mol. The quantitative estimate of drug-likeness (QED) is 0.682. The van der Waals surface area contributed by atoms with E-state index in [0.717, 1.165) is 32.1 Å². The molecule has 0 aromatic heterocycles. The summed E-state index contributed by atoms with van der Waals surface area (Å²) in [4.78, 5) is 13.7. The summed E-state index contributed by atoms with van der Waals surface area (Å²) in [6.07, 6.45) is 3.97. The molecule has 0 bridgehead atoms. The van der Waals surface area contributed by atoms with Crippen LogP contribution in [-0.4, -0.2) is 37.0 Å². The zero-order chi connectivity index (χ0) is 14.7. The molecule has 1 saturated carbocycles. The largest absolute Gasteiger partial charge is 0.427 e. The van der Waals surface area contributed by atoms with Crippen LogP contribution in [0.3, 0.4) is 0 Å². The molecular weight excluding hydrogens is 264 g/mol. The number of carbonyl (C=O) groups excluding carboxylic acids is 1. The van der Waals surface area contributed by atoms with Gasteiger partial charge in [-0.3, -0.25) is 9.69 Å². The van der Waals surface area contributed by atoms with E-state index in [-0.39, 0.29) is 5.97 Å². The lowest BCUT2D eigenvalue weighted by atomic mass is 9.76. The van der Waals surface area contributed by atoms with E-state index >= 15 is 0 Å². The van der Waals surface area contributed by atoms with E-state index in [1.54, 1.807) is 0 Å². The van der Waals surface area contributed by atoms with Gasteiger partial charge in [0.25, 0.3) is 0 Å². The molecule has 0 unspecified atom stereocenters. The van der Waals surface area contributed by atoms with Gasteiger partial charge in [0.15, 0.2) is 0 Å². The number of nitrogens with zero attached hydrogens (tertiary/aromatic N) is 1. The first-order valence-corrected chi connectivity index (χ1v) is 7.97. The van der Waals surface area contributed by atoms with Crippen LogP contribution in [0.25, 0.3) is 0 Å². The van der Waals surface area contributed by atoms with Crippen LogP contribution < -0.4 is 10.1 Å². The maximum Gasteiger partial charge on any atom is 0.308 e. The van der Waals surface area contributed by atoms with Crippen molar-refractivity contribution in [3.8, 4) is 5.75 Å². The highest BCUT2D eigenvalue weighted by Gasteiger charge is 2.33. The molecule has 1 heterocycles. The van der Waals surface area contributed by atoms with Crippen LogP contribution in [0.15, 0.2) is 24.3 Å². The van der Waals surface area contributed by atoms with E-state index in [0.29, 0.717) is 11.8 Å². The van der Waals surface area contributed by atoms with Crippen LogP contribution in [-0.2, 0) is 4.79 Å². The standard InChI is InChI=1S/C17H24N2O2/c1-13(20)21-16-7-3-6-15(12-16)17(14-4-2-5-14)19-10-8-18-9-11-19/h3,6-7,12,14,17-18H,2,4-5,8-11H2,1H3/t17-/m1/s1. The number of ether oxygens (including phenoxy) is 1. The number of nitrogens with one attached hydrogen (secondary N) is 1. The minimum absolute atomic E-state index is 0.255. The summed E-state index contributed by atoms with van der Waals surface area (Å²) in [6.45, 7) is 5.77. The maximum atomic E-state index is 11.2. The number of esters is 1. The minimum atomic E-state index is -0.255. The van der Waals surface area contributed by atoms with Crippen molar-refractivity contribution in [1.82, 2.24) is 10.2 Å². The van der Waals surface area contributed by atoms with E-state index in [9.17, 15) is 4.79 Å². The fraction of sp³-hybridized carbons (Fsp3) is 0.588. The third-order valence-electron chi connectivity index (χ3n) is 4.60. The Bertz CT molecular complexity index is 493. The summed E-state index contributed by atoms with van der Waals surface area (Å²) in [7, 11) is 0. The summed E-state index contributed by atoms with van der Waals surface area (Å²) in [6, 6.07) is 8.56. The molecule has 1 atom stereocenters. The molecule has 4 heteroatoms. The molecule has 3 rings (SSSR count). The van der Waals surface area contributed by atoms with Crippen molar-refractivity contribution in [1.29, 1.82) is 0 Å². The first-order valence-electron chi connectivity index (χ1n) is 7.97. The Kier molecular flexibility index (Phi) is 4.56. The minimum Gasteiger partial charge on any atom is -0.427 e. The Labute approximate surface area is 126 Å². The highest BCUT2D eigenvalue weighted by Crippen LogP contribution is 2.42. The number of hydrogen-bond acceptors (Lipinski definition) is 4. The molecule has 1 aromatic carbocycles. The van der Waals surface area contributed by atoms with Gasteiger partial charge in [0.1, 0.15) is 5.75 Å². The normalized spacial score (nSPS) is 21.6. The van der Waals surface area contributed by atoms with Gasteiger partial charge in [-0.25, -0.2) is 0 Å². The van der Waals surface area contributed by atoms with E-state index < -0.39 is 0 Å². The van der Waals surface area contributed by atoms with Crippen molar-refractivity contribution in [2.75, 3.05) is 26.2 Å². The second kappa shape index (κ2) is 6.58. The van der Waals surface area contributed by atoms with Gasteiger partial charge in [0, 0.05) is 39.1 Å². The van der Waals surface area contributed by atoms with Gasteiger partial charge in [-0.1, -0.05) is 18.6 Å². The van der Waals surface area contributed by atoms with Crippen LogP contribution in [0.1, 0.15) is 37.8 Å². The second-order valence-corrected chi connectivity index (χ2v) is 6.09. The molecule has 1 saturated heterocycles. The van der Waals surface area contributed by atoms with Crippen LogP contribution in [0.5, 0.6) is 5.75 Å². The zero-order valence-corrected chi connectivity index (χ0v) is 12.7. The molecule has 21 heavy (non-hydrogen) atoms. The summed E-state index contributed by atoms with van der Waals surface area (Å²) < 4.78 is 5.25. The van der Waals surface area contributed by atoms with Crippen LogP contribution >= 0.6 is 0 Å². The van der Waals surface area contributed by atoms with Crippen molar-refractivity contribution >= 4 is 5.97 Å². The highest BCUT2D eigenvalue weighted by atomic mass is 16.5. The summed E-state index contributed by atoms with van der Waals surface area (Å²) in [5, 5.41) is 3.42. The summed E-state index contributed by atoms with van der Waals surface area (Å²) in [5.41, 5.74) is 1.29. The third-order valence-corrected chi connectivity index (χ3v) is 4.60. The Morgan fingerprint density at radius 3 is 2.71 bits per heavy atom. The van der Waals surface area contributed by atoms with Crippen LogP contribution in [0.4, 0.5) is 0 Å². The van der Waals surface area contributed by atoms with Gasteiger partial charge in [-0.2, -0.15) is 0 Å². The molecule has 2 fully saturated rings. The van der Waals surface area contributed by atoms with E-state index in [4.69, 9.17) is 4.74 Å². The number of benzene rings is 1. The number of piperazine rings is 1. The molecule has 114 valence electrons. The van der Waals surface area contributed by atoms with Crippen molar-refractivity contribution in [2.45, 2.75) is 32.2 Å². The number of hydrogen-bond donors (Lipinski definition) is 1. The average Bonchev–Trinajstić information content (AvgIpc) is 2.43. The topological polar surface area (TPSA) is 41.6 Å². The highest BCUT2D eigenvalue weighted by molar-refractivity contribution is 5.69. The van der Waals surface area contributed by atoms with Gasteiger partial charge in [0.2, 0.25) is 0 Å². The van der Waals surface area contributed by atoms with Crippen molar-refractivity contribution < 1.29 is 9.53 Å². The van der Waals surface area contributed by atoms with Crippen LogP contribution in [0.2, 0.25) is 0 Å². The zero-order valence-electron chi connectivity index (χ0n) is 12.7. The molecule has 0 spiro atoms. The fourth-order valence-corrected chi connectivity index (χ4v) is 3.42. The molecule has 2 aliphatic rings. The Morgan fingerprint density at radius 2 is 2.10 bits per heavy atom. The Morgan fingerprint density at radius 1 is 1.33 bits per heavy atom. The third kappa shape index (κ3) is 3.44. The SMILES string of the molecule is CC(=O)Oc1cccc([C@@H](C2CCC2)N2CCNCC2)c1. The molecule has 1 aliphatic carbocycles. The first kappa shape index (κ1) is 14.5. The predicted molar refractivity (Wildman–Crippen MR) is 82.3 cm³/mol. The van der Waals surface area contributed by atoms with Crippen molar-refractivity contribution in [2.24, 2.45) is 5.92 Å². The molecule has 0 amide bonds. The average molecular weight is 288 g/mol. The lowest BCUT2D eigenvalue weighted by Crippen LogP contribution is -2.47. The van der Waals surface area contributed by atoms with E-state index in [1.807, 2.05) is 18.2 Å². The van der Waals surface area contributed by atoms with Gasteiger partial charge in [0.05, 0.1) is 0 Å². The molecule has 4 nitrogen and oxygen atoms in total. The number of carbonyl (C=O) groups is 1. The summed E-state index contributed by atoms with van der Waals surface area (Å²) >= 11 is 0. The van der Waals surface area contributed by atoms with Crippen LogP contribution in [0, 0.1) is 5.92 Å². The summed E-state index contributed by atoms with van der Waals surface area (Å²) in [5.74, 6) is 1.16. The molecule has 1 aromatic rings. The van der Waals surface area contributed by atoms with Gasteiger partial charge in [-0.05, 0) is 36.5 Å². The van der Waals surface area contributed by atoms with E-state index in [2.05, 4.69) is 16.3 Å². The van der Waals surface area contributed by atoms with Crippen molar-refractivity contribution in [3.63, 3.8) is 0 Å². The fourth-order valence-electron chi connectivity index (χ4n) is 3.42. The molecule has 0 radical (unpaired) electrons. The maximum absolute atomic E-state index is 11.2. The second-order valence-electron chi connectivity index (χ2n) is 6.09. The number of rotatable bonds is 4. The smallest absolute Gasteiger partial charge is 0.308 e. The first-order chi connectivity index (χ1) is 10.2. The van der Waals surface area contributed by atoms with Crippen molar-refractivity contribution in [3.05, 3.63) is 29.8 Å². The Balaban J connectivity index is 1.83. The predicted octanol–water partition coefficient (Wildman–Crippen LogP) is 2.36. The lowest BCUT2D eigenvalue weighted by molar-refractivity contribution is -0.131. The van der Waals surface area contributed by atoms with Gasteiger partial charge < -0.3 is 10.1 Å². The van der Waals surface area contributed by atoms with Gasteiger partial charge >= 0.3 is 5.97 Å². The lowest BCUT2D eigenvalue weighted by Gasteiger charge is -2.43.